The van der Waals surface area contributed by atoms with Crippen molar-refractivity contribution in [1.82, 2.24) is 5.32 Å². The van der Waals surface area contributed by atoms with E-state index >= 15 is 0 Å². The van der Waals surface area contributed by atoms with Gasteiger partial charge in [0.2, 0.25) is 17.5 Å². The molecule has 0 saturated carbocycles. The van der Waals surface area contributed by atoms with Crippen molar-refractivity contribution in [3.63, 3.8) is 0 Å². The quantitative estimate of drug-likeness (QED) is 0.184. The van der Waals surface area contributed by atoms with Gasteiger partial charge in [-0.05, 0) is 77.0 Å². The lowest BCUT2D eigenvalue weighted by atomic mass is 9.73. The van der Waals surface area contributed by atoms with Crippen LogP contribution in [0.3, 0.4) is 0 Å². The minimum atomic E-state index is -0.399. The van der Waals surface area contributed by atoms with Gasteiger partial charge in [0.25, 0.3) is 0 Å². The molecule has 5 rings (SSSR count). The average molecular weight is 675 g/mol. The van der Waals surface area contributed by atoms with Crippen LogP contribution in [0.15, 0.2) is 59.0 Å². The van der Waals surface area contributed by atoms with Gasteiger partial charge in [0, 0.05) is 65.4 Å². The van der Waals surface area contributed by atoms with Gasteiger partial charge in [-0.3, -0.25) is 14.4 Å². The fourth-order valence-corrected chi connectivity index (χ4v) is 7.27. The molecule has 8 nitrogen and oxygen atoms in total. The van der Waals surface area contributed by atoms with Crippen molar-refractivity contribution in [2.45, 2.75) is 81.1 Å². The Hall–Kier alpha value is -4.98. The molecule has 0 saturated heterocycles. The van der Waals surface area contributed by atoms with Crippen LogP contribution in [0, 0.1) is 20.8 Å². The van der Waals surface area contributed by atoms with Crippen molar-refractivity contribution in [3.05, 3.63) is 92.4 Å². The topological polar surface area (TPSA) is 105 Å². The van der Waals surface area contributed by atoms with E-state index in [0.29, 0.717) is 48.2 Å². The van der Waals surface area contributed by atoms with E-state index in [1.807, 2.05) is 92.0 Å². The maximum absolute atomic E-state index is 14.8. The summed E-state index contributed by atoms with van der Waals surface area (Å²) in [5.41, 5.74) is 9.03. The molecule has 0 heterocycles. The van der Waals surface area contributed by atoms with E-state index in [4.69, 9.17) is 0 Å². The van der Waals surface area contributed by atoms with Crippen LogP contribution in [0.25, 0.3) is 21.9 Å². The number of ketones is 1. The fourth-order valence-electron chi connectivity index (χ4n) is 7.27. The third-order valence-electron chi connectivity index (χ3n) is 9.96. The Bertz CT molecular complexity index is 2080. The lowest BCUT2D eigenvalue weighted by Crippen LogP contribution is -2.36. The van der Waals surface area contributed by atoms with E-state index in [1.165, 1.54) is 0 Å². The molecule has 2 aliphatic rings. The van der Waals surface area contributed by atoms with Crippen LogP contribution in [0.1, 0.15) is 93.7 Å². The van der Waals surface area contributed by atoms with Crippen molar-refractivity contribution < 1.29 is 24.1 Å². The fraction of sp³-hybridized carbons (Fsp3) is 0.381. The van der Waals surface area contributed by atoms with Crippen molar-refractivity contribution >= 4 is 56.6 Å². The standard InChI is InChI=1S/C42H50N4O4/c1-11-15-31(47)43-37-25(7)39(45(9)13-3)27-19-17-23(5)21-29(27)33(37)35-41(49)36(42(35)50)34-30-22-24(6)18-20-28(30)40(46(10)14-4)26(8)38(34)44-32(48)16-12-2/h17-22H,11-16H2,1-10H3,(H2,43,44,47,48,49,50). The van der Waals surface area contributed by atoms with Gasteiger partial charge in [0.15, 0.2) is 5.78 Å². The van der Waals surface area contributed by atoms with Crippen LogP contribution in [-0.2, 0) is 14.4 Å². The third-order valence-corrected chi connectivity index (χ3v) is 9.96. The number of amides is 2. The maximum atomic E-state index is 14.8. The Labute approximate surface area is 296 Å². The molecule has 0 aromatic heterocycles. The number of Topliss-reactive ketones (excluding diaryl/α,β-unsaturated/α-hetero) is 1. The molecule has 2 N–H and O–H groups in total. The van der Waals surface area contributed by atoms with E-state index in [9.17, 15) is 19.5 Å². The van der Waals surface area contributed by atoms with E-state index in [-0.39, 0.29) is 23.0 Å². The smallest absolute Gasteiger partial charge is 0.224 e. The summed E-state index contributed by atoms with van der Waals surface area (Å²) >= 11 is 0. The average Bonchev–Trinajstić information content (AvgIpc) is 3.08. The highest BCUT2D eigenvalue weighted by atomic mass is 16.3. The number of fused-ring (bicyclic) bond motifs is 2. The Morgan fingerprint density at radius 1 is 0.800 bits per heavy atom. The number of rotatable bonds is 10. The second-order valence-electron chi connectivity index (χ2n) is 13.6. The molecule has 8 heteroatoms. The Morgan fingerprint density at radius 3 is 2.02 bits per heavy atom. The molecule has 50 heavy (non-hydrogen) atoms. The van der Waals surface area contributed by atoms with Gasteiger partial charge in [-0.15, -0.1) is 0 Å². The zero-order chi connectivity index (χ0) is 36.6. The highest BCUT2D eigenvalue weighted by Crippen LogP contribution is 2.50. The zero-order valence-corrected chi connectivity index (χ0v) is 31.2. The van der Waals surface area contributed by atoms with Crippen LogP contribution >= 0.6 is 0 Å². The molecule has 262 valence electrons. The number of anilines is 2. The Kier molecular flexibility index (Phi) is 10.5. The number of nitrogens with zero attached hydrogens (tertiary/aromatic N) is 2. The van der Waals surface area contributed by atoms with Gasteiger partial charge in [0.1, 0.15) is 13.6 Å². The van der Waals surface area contributed by atoms with E-state index in [2.05, 4.69) is 34.0 Å². The number of carbonyl (C=O) groups is 3. The van der Waals surface area contributed by atoms with Gasteiger partial charge in [-0.25, -0.2) is 4.58 Å². The highest BCUT2D eigenvalue weighted by Gasteiger charge is 2.40. The van der Waals surface area contributed by atoms with E-state index in [0.717, 1.165) is 68.7 Å². The van der Waals surface area contributed by atoms with Gasteiger partial charge in [0.05, 0.1) is 16.9 Å². The molecule has 0 atom stereocenters. The lowest BCUT2D eigenvalue weighted by molar-refractivity contribution is -0.492. The number of hydrogen-bond donors (Lipinski definition) is 2. The van der Waals surface area contributed by atoms with Crippen molar-refractivity contribution in [2.24, 2.45) is 0 Å². The van der Waals surface area contributed by atoms with Gasteiger partial charge < -0.3 is 20.6 Å². The Balaban J connectivity index is 1.91. The van der Waals surface area contributed by atoms with Crippen LogP contribution < -0.4 is 20.6 Å². The summed E-state index contributed by atoms with van der Waals surface area (Å²) in [5, 5.41) is 22.7. The van der Waals surface area contributed by atoms with Gasteiger partial charge in [-0.1, -0.05) is 61.1 Å². The SMILES string of the molecule is CCCC(=O)NC1=C(C)C(=[N+](/C)CC)/c2ccc(C)cc2/C1=C1\C(=O)C(c2c(NC(=O)CCC)c(C)c(N(C)CC)c3ccc(C)cc23)=C1[O-]. The summed E-state index contributed by atoms with van der Waals surface area (Å²) in [4.78, 5) is 43.4. The van der Waals surface area contributed by atoms with Gasteiger partial charge in [-0.2, -0.15) is 0 Å². The summed E-state index contributed by atoms with van der Waals surface area (Å²) in [6.45, 7) is 17.3. The maximum Gasteiger partial charge on any atom is 0.224 e. The predicted molar refractivity (Wildman–Crippen MR) is 203 cm³/mol. The normalized spacial score (nSPS) is 16.8. The molecular weight excluding hydrogens is 624 g/mol. The minimum Gasteiger partial charge on any atom is -0.871 e. The van der Waals surface area contributed by atoms with E-state index < -0.39 is 11.5 Å². The van der Waals surface area contributed by atoms with Gasteiger partial charge >= 0.3 is 0 Å². The minimum absolute atomic E-state index is 0.0512. The third kappa shape index (κ3) is 6.16. The molecule has 2 amide bonds. The predicted octanol–water partition coefficient (Wildman–Crippen LogP) is 6.72. The molecule has 0 spiro atoms. The monoisotopic (exact) mass is 674 g/mol. The molecular formula is C42H50N4O4. The molecule has 3 aromatic carbocycles. The number of allylic oxidation sites excluding steroid dienone is 4. The van der Waals surface area contributed by atoms with Crippen LogP contribution in [0.2, 0.25) is 0 Å². The summed E-state index contributed by atoms with van der Waals surface area (Å²) in [6.07, 6.45) is 1.93. The zero-order valence-electron chi connectivity index (χ0n) is 31.2. The largest absolute Gasteiger partial charge is 0.871 e. The summed E-state index contributed by atoms with van der Waals surface area (Å²) < 4.78 is 2.12. The van der Waals surface area contributed by atoms with E-state index in [1.54, 1.807) is 0 Å². The number of aryl methyl sites for hydroxylation is 2. The molecule has 0 unspecified atom stereocenters. The highest BCUT2D eigenvalue weighted by molar-refractivity contribution is 6.44. The summed E-state index contributed by atoms with van der Waals surface area (Å²) in [6, 6.07) is 12.1. The van der Waals surface area contributed by atoms with Crippen LogP contribution in [-0.4, -0.2) is 55.1 Å². The number of hydrogen-bond acceptors (Lipinski definition) is 5. The first-order valence-corrected chi connectivity index (χ1v) is 17.8. The van der Waals surface area contributed by atoms with Crippen molar-refractivity contribution in [2.75, 3.05) is 37.4 Å². The Morgan fingerprint density at radius 2 is 1.42 bits per heavy atom. The molecule has 2 aliphatic carbocycles. The summed E-state index contributed by atoms with van der Waals surface area (Å²) in [5.74, 6) is -1.15. The molecule has 0 fully saturated rings. The lowest BCUT2D eigenvalue weighted by Gasteiger charge is -2.37. The number of carbonyl (C=O) groups excluding carboxylic acids is 3. The summed E-state index contributed by atoms with van der Waals surface area (Å²) in [7, 11) is 4.00. The second-order valence-corrected chi connectivity index (χ2v) is 13.6. The van der Waals surface area contributed by atoms with Crippen molar-refractivity contribution in [1.29, 1.82) is 0 Å². The van der Waals surface area contributed by atoms with Crippen LogP contribution in [0.5, 0.6) is 0 Å². The molecule has 0 aliphatic heterocycles. The molecule has 0 radical (unpaired) electrons. The first-order chi connectivity index (χ1) is 23.8. The first kappa shape index (κ1) is 36.3. The van der Waals surface area contributed by atoms with Crippen LogP contribution in [0.4, 0.5) is 11.4 Å². The number of nitrogens with one attached hydrogen (secondary N) is 2. The number of benzene rings is 3. The van der Waals surface area contributed by atoms with Crippen molar-refractivity contribution in [3.8, 4) is 0 Å². The molecule has 0 bridgehead atoms. The first-order valence-electron chi connectivity index (χ1n) is 17.8. The molecule has 3 aromatic rings. The second kappa shape index (κ2) is 14.5.